The van der Waals surface area contributed by atoms with E-state index in [9.17, 15) is 13.2 Å². The maximum atomic E-state index is 12.0. The van der Waals surface area contributed by atoms with E-state index >= 15 is 0 Å². The van der Waals surface area contributed by atoms with Crippen LogP contribution in [-0.2, 0) is 0 Å². The van der Waals surface area contributed by atoms with Gasteiger partial charge in [-0.05, 0) is 24.3 Å². The fraction of sp³-hybridized carbons (Fsp3) is 0.667. The minimum Gasteiger partial charge on any atom is -0.468 e. The zero-order valence-electron chi connectivity index (χ0n) is 12.3. The normalized spacial score (nSPS) is 26.4. The molecule has 0 radical (unpaired) electrons. The van der Waals surface area contributed by atoms with Gasteiger partial charge in [0.15, 0.2) is 6.61 Å². The average molecular weight is 302 g/mol. The summed E-state index contributed by atoms with van der Waals surface area (Å²) in [6, 6.07) is 3.56. The molecule has 0 aromatic carbocycles. The number of pyridine rings is 1. The topological polar surface area (TPSA) is 34.1 Å². The third kappa shape index (κ3) is 4.79. The summed E-state index contributed by atoms with van der Waals surface area (Å²) in [6.45, 7) is 3.17. The molecule has 0 bridgehead atoms. The van der Waals surface area contributed by atoms with Gasteiger partial charge < -0.3 is 10.1 Å². The molecule has 3 unspecified atom stereocenters. The van der Waals surface area contributed by atoms with E-state index in [1.165, 1.54) is 25.1 Å². The van der Waals surface area contributed by atoms with Crippen LogP contribution in [0.5, 0.6) is 5.88 Å². The van der Waals surface area contributed by atoms with Gasteiger partial charge >= 0.3 is 6.18 Å². The number of hydrogen-bond acceptors (Lipinski definition) is 3. The second kappa shape index (κ2) is 6.54. The molecule has 3 nitrogen and oxygen atoms in total. The fourth-order valence-corrected chi connectivity index (χ4v) is 2.71. The van der Waals surface area contributed by atoms with Gasteiger partial charge in [0.1, 0.15) is 0 Å². The lowest BCUT2D eigenvalue weighted by Crippen LogP contribution is -2.35. The summed E-state index contributed by atoms with van der Waals surface area (Å²) in [5.41, 5.74) is 0.820. The molecule has 1 fully saturated rings. The van der Waals surface area contributed by atoms with Crippen molar-refractivity contribution in [1.29, 1.82) is 0 Å². The Kier molecular flexibility index (Phi) is 4.96. The van der Waals surface area contributed by atoms with Crippen molar-refractivity contribution in [3.63, 3.8) is 0 Å². The Labute approximate surface area is 122 Å². The van der Waals surface area contributed by atoms with Crippen LogP contribution in [-0.4, -0.2) is 23.8 Å². The van der Waals surface area contributed by atoms with E-state index in [-0.39, 0.29) is 5.88 Å². The molecule has 3 atom stereocenters. The zero-order valence-corrected chi connectivity index (χ0v) is 12.3. The van der Waals surface area contributed by atoms with Crippen molar-refractivity contribution in [3.05, 3.63) is 18.3 Å². The van der Waals surface area contributed by atoms with Gasteiger partial charge in [0, 0.05) is 12.1 Å². The van der Waals surface area contributed by atoms with Crippen LogP contribution in [0.4, 0.5) is 18.9 Å². The van der Waals surface area contributed by atoms with E-state index in [0.29, 0.717) is 17.9 Å². The number of anilines is 1. The lowest BCUT2D eigenvalue weighted by molar-refractivity contribution is -0.154. The van der Waals surface area contributed by atoms with Crippen molar-refractivity contribution in [2.24, 2.45) is 11.8 Å². The maximum absolute atomic E-state index is 12.0. The van der Waals surface area contributed by atoms with Crippen LogP contribution in [0.15, 0.2) is 18.3 Å². The van der Waals surface area contributed by atoms with E-state index < -0.39 is 12.8 Å². The van der Waals surface area contributed by atoms with Crippen LogP contribution in [0.1, 0.15) is 33.1 Å². The van der Waals surface area contributed by atoms with Crippen LogP contribution in [0.25, 0.3) is 0 Å². The summed E-state index contributed by atoms with van der Waals surface area (Å²) in [5.74, 6) is 1.24. The van der Waals surface area contributed by atoms with Gasteiger partial charge in [-0.15, -0.1) is 0 Å². The van der Waals surface area contributed by atoms with Crippen molar-refractivity contribution in [1.82, 2.24) is 4.98 Å². The van der Waals surface area contributed by atoms with Crippen LogP contribution in [0.3, 0.4) is 0 Å². The molecular weight excluding hydrogens is 281 g/mol. The van der Waals surface area contributed by atoms with Crippen LogP contribution in [0.2, 0.25) is 0 Å². The van der Waals surface area contributed by atoms with Crippen molar-refractivity contribution < 1.29 is 17.9 Å². The monoisotopic (exact) mass is 302 g/mol. The standard InChI is InChI=1S/C15H21F3N2O/c1-10-4-3-5-13(11(10)2)20-12-6-7-14(19-8-12)21-9-15(16,17)18/h6-8,10-11,13,20H,3-5,9H2,1-2H3. The van der Waals surface area contributed by atoms with Gasteiger partial charge in [-0.2, -0.15) is 13.2 Å². The van der Waals surface area contributed by atoms with Crippen LogP contribution < -0.4 is 10.1 Å². The van der Waals surface area contributed by atoms with E-state index in [1.807, 2.05) is 0 Å². The molecule has 0 aliphatic heterocycles. The predicted octanol–water partition coefficient (Wildman–Crippen LogP) is 4.26. The number of nitrogens with zero attached hydrogens (tertiary/aromatic N) is 1. The largest absolute Gasteiger partial charge is 0.468 e. The second-order valence-corrected chi connectivity index (χ2v) is 5.81. The van der Waals surface area contributed by atoms with E-state index in [4.69, 9.17) is 0 Å². The SMILES string of the molecule is CC1CCCC(Nc2ccc(OCC(F)(F)F)nc2)C1C. The number of nitrogens with one attached hydrogen (secondary N) is 1. The van der Waals surface area contributed by atoms with Crippen molar-refractivity contribution in [3.8, 4) is 5.88 Å². The molecule has 1 N–H and O–H groups in total. The van der Waals surface area contributed by atoms with Crippen molar-refractivity contribution >= 4 is 5.69 Å². The predicted molar refractivity (Wildman–Crippen MR) is 75.4 cm³/mol. The second-order valence-electron chi connectivity index (χ2n) is 5.81. The molecule has 2 rings (SSSR count). The van der Waals surface area contributed by atoms with Crippen LogP contribution >= 0.6 is 0 Å². The zero-order chi connectivity index (χ0) is 15.5. The van der Waals surface area contributed by atoms with Gasteiger partial charge in [-0.3, -0.25) is 0 Å². The number of rotatable bonds is 4. The Morgan fingerprint density at radius 3 is 2.67 bits per heavy atom. The number of ether oxygens (including phenoxy) is 1. The molecule has 0 spiro atoms. The molecule has 1 heterocycles. The first kappa shape index (κ1) is 15.9. The first-order valence-corrected chi connectivity index (χ1v) is 7.27. The fourth-order valence-electron chi connectivity index (χ4n) is 2.71. The highest BCUT2D eigenvalue weighted by Crippen LogP contribution is 2.31. The third-order valence-electron chi connectivity index (χ3n) is 4.18. The average Bonchev–Trinajstić information content (AvgIpc) is 2.42. The maximum Gasteiger partial charge on any atom is 0.422 e. The lowest BCUT2D eigenvalue weighted by atomic mass is 9.78. The molecule has 1 aliphatic rings. The first-order chi connectivity index (χ1) is 9.85. The molecule has 1 saturated carbocycles. The first-order valence-electron chi connectivity index (χ1n) is 7.27. The number of hydrogen-bond donors (Lipinski definition) is 1. The van der Waals surface area contributed by atoms with Gasteiger partial charge in [0.05, 0.1) is 11.9 Å². The summed E-state index contributed by atoms with van der Waals surface area (Å²) < 4.78 is 40.7. The number of aromatic nitrogens is 1. The Bertz CT molecular complexity index is 447. The Morgan fingerprint density at radius 2 is 2.05 bits per heavy atom. The van der Waals surface area contributed by atoms with Gasteiger partial charge in [0.2, 0.25) is 5.88 Å². The highest BCUT2D eigenvalue weighted by molar-refractivity contribution is 5.43. The Morgan fingerprint density at radius 1 is 1.29 bits per heavy atom. The van der Waals surface area contributed by atoms with Gasteiger partial charge in [-0.1, -0.05) is 26.7 Å². The molecule has 21 heavy (non-hydrogen) atoms. The minimum atomic E-state index is -4.34. The molecule has 118 valence electrons. The smallest absolute Gasteiger partial charge is 0.422 e. The third-order valence-corrected chi connectivity index (χ3v) is 4.18. The summed E-state index contributed by atoms with van der Waals surface area (Å²) >= 11 is 0. The molecule has 1 aliphatic carbocycles. The van der Waals surface area contributed by atoms with Crippen molar-refractivity contribution in [2.75, 3.05) is 11.9 Å². The summed E-state index contributed by atoms with van der Waals surface area (Å²) in [6.07, 6.45) is 0.743. The van der Waals surface area contributed by atoms with Crippen LogP contribution in [0, 0.1) is 11.8 Å². The highest BCUT2D eigenvalue weighted by atomic mass is 19.4. The van der Waals surface area contributed by atoms with Gasteiger partial charge in [0.25, 0.3) is 0 Å². The summed E-state index contributed by atoms with van der Waals surface area (Å²) in [5, 5.41) is 3.42. The number of halogens is 3. The van der Waals surface area contributed by atoms with E-state index in [0.717, 1.165) is 12.1 Å². The molecular formula is C15H21F3N2O. The summed E-state index contributed by atoms with van der Waals surface area (Å²) in [4.78, 5) is 3.91. The molecule has 0 amide bonds. The molecule has 6 heteroatoms. The van der Waals surface area contributed by atoms with Crippen molar-refractivity contribution in [2.45, 2.75) is 45.3 Å². The Balaban J connectivity index is 1.90. The minimum absolute atomic E-state index is 0.0112. The summed E-state index contributed by atoms with van der Waals surface area (Å²) in [7, 11) is 0. The number of alkyl halides is 3. The lowest BCUT2D eigenvalue weighted by Gasteiger charge is -2.35. The Hall–Kier alpha value is -1.46. The molecule has 1 aromatic heterocycles. The highest BCUT2D eigenvalue weighted by Gasteiger charge is 2.29. The van der Waals surface area contributed by atoms with Gasteiger partial charge in [-0.25, -0.2) is 4.98 Å². The molecule has 0 saturated heterocycles. The molecule has 1 aromatic rings. The van der Waals surface area contributed by atoms with E-state index in [1.54, 1.807) is 6.07 Å². The quantitative estimate of drug-likeness (QED) is 0.902. The van der Waals surface area contributed by atoms with E-state index in [2.05, 4.69) is 28.9 Å².